The Labute approximate surface area is 231 Å². The van der Waals surface area contributed by atoms with Gasteiger partial charge in [0.25, 0.3) is 11.5 Å². The first-order valence-electron chi connectivity index (χ1n) is 13.4. The maximum Gasteiger partial charge on any atom is 0.262 e. The molecule has 1 aliphatic heterocycles. The van der Waals surface area contributed by atoms with Gasteiger partial charge in [-0.3, -0.25) is 14.2 Å². The molecule has 4 aromatic rings. The summed E-state index contributed by atoms with van der Waals surface area (Å²) < 4.78 is 1.92. The fourth-order valence-electron chi connectivity index (χ4n) is 5.70. The van der Waals surface area contributed by atoms with Gasteiger partial charge in [0, 0.05) is 35.5 Å². The Balaban J connectivity index is 1.35. The van der Waals surface area contributed by atoms with Gasteiger partial charge in [0.05, 0.1) is 10.9 Å². The molecule has 0 bridgehead atoms. The SMILES string of the molecule is O=C(c1ccc2c(=O)n(C3CCCCC3)c(SCc3cccc(Cl)c3)nc2c1)N1CCc2ccccc2C1. The molecule has 194 valence electrons. The summed E-state index contributed by atoms with van der Waals surface area (Å²) in [7, 11) is 0. The van der Waals surface area contributed by atoms with Gasteiger partial charge in [-0.2, -0.15) is 0 Å². The van der Waals surface area contributed by atoms with Crippen LogP contribution in [0.15, 0.2) is 76.7 Å². The summed E-state index contributed by atoms with van der Waals surface area (Å²) >= 11 is 7.77. The molecule has 1 fully saturated rings. The number of aromatic nitrogens is 2. The number of amides is 1. The lowest BCUT2D eigenvalue weighted by Gasteiger charge is -2.29. The van der Waals surface area contributed by atoms with E-state index in [0.717, 1.165) is 37.7 Å². The second-order valence-corrected chi connectivity index (χ2v) is 11.6. The van der Waals surface area contributed by atoms with Gasteiger partial charge < -0.3 is 4.90 Å². The molecule has 1 aromatic heterocycles. The number of hydrogen-bond acceptors (Lipinski definition) is 4. The first-order valence-corrected chi connectivity index (χ1v) is 14.7. The molecule has 7 heteroatoms. The highest BCUT2D eigenvalue weighted by Crippen LogP contribution is 2.32. The van der Waals surface area contributed by atoms with E-state index in [1.807, 2.05) is 45.9 Å². The molecule has 5 nitrogen and oxygen atoms in total. The monoisotopic (exact) mass is 543 g/mol. The van der Waals surface area contributed by atoms with Crippen LogP contribution in [0.2, 0.25) is 5.02 Å². The van der Waals surface area contributed by atoms with Crippen LogP contribution in [0.1, 0.15) is 65.2 Å². The predicted molar refractivity (Wildman–Crippen MR) is 154 cm³/mol. The van der Waals surface area contributed by atoms with Gasteiger partial charge in [0.2, 0.25) is 0 Å². The number of benzene rings is 3. The van der Waals surface area contributed by atoms with Crippen molar-refractivity contribution in [3.63, 3.8) is 0 Å². The largest absolute Gasteiger partial charge is 0.334 e. The predicted octanol–water partition coefficient (Wildman–Crippen LogP) is 7.05. The Morgan fingerprint density at radius 2 is 1.79 bits per heavy atom. The summed E-state index contributed by atoms with van der Waals surface area (Å²) in [5.74, 6) is 0.643. The van der Waals surface area contributed by atoms with Crippen molar-refractivity contribution in [2.24, 2.45) is 0 Å². The third-order valence-electron chi connectivity index (χ3n) is 7.73. The number of carbonyl (C=O) groups excluding carboxylic acids is 1. The van der Waals surface area contributed by atoms with E-state index < -0.39 is 0 Å². The highest BCUT2D eigenvalue weighted by molar-refractivity contribution is 7.98. The zero-order valence-corrected chi connectivity index (χ0v) is 22.8. The zero-order chi connectivity index (χ0) is 26.1. The van der Waals surface area contributed by atoms with Gasteiger partial charge in [-0.05, 0) is 66.3 Å². The number of rotatable bonds is 5. The minimum absolute atomic E-state index is 0.0126. The quantitative estimate of drug-likeness (QED) is 0.200. The van der Waals surface area contributed by atoms with Crippen LogP contribution in [0.3, 0.4) is 0 Å². The van der Waals surface area contributed by atoms with E-state index >= 15 is 0 Å². The average Bonchev–Trinajstić information content (AvgIpc) is 2.95. The smallest absolute Gasteiger partial charge is 0.262 e. The molecular formula is C31H30ClN3O2S. The molecule has 38 heavy (non-hydrogen) atoms. The van der Waals surface area contributed by atoms with Crippen LogP contribution in [0, 0.1) is 0 Å². The van der Waals surface area contributed by atoms with Crippen LogP contribution in [-0.2, 0) is 18.7 Å². The molecule has 0 atom stereocenters. The van der Waals surface area contributed by atoms with Crippen LogP contribution >= 0.6 is 23.4 Å². The fourth-order valence-corrected chi connectivity index (χ4v) is 6.92. The normalized spacial score (nSPS) is 16.0. The first-order chi connectivity index (χ1) is 18.6. The van der Waals surface area contributed by atoms with Crippen molar-refractivity contribution in [2.45, 2.75) is 62.0 Å². The number of fused-ring (bicyclic) bond motifs is 2. The second kappa shape index (κ2) is 11.0. The van der Waals surface area contributed by atoms with E-state index in [1.54, 1.807) is 30.0 Å². The molecule has 3 aromatic carbocycles. The molecule has 1 aliphatic carbocycles. The topological polar surface area (TPSA) is 55.2 Å². The van der Waals surface area contributed by atoms with Crippen LogP contribution in [-0.4, -0.2) is 26.9 Å². The van der Waals surface area contributed by atoms with E-state index in [4.69, 9.17) is 16.6 Å². The molecule has 0 radical (unpaired) electrons. The van der Waals surface area contributed by atoms with E-state index in [2.05, 4.69) is 12.1 Å². The summed E-state index contributed by atoms with van der Waals surface area (Å²) in [5.41, 5.74) is 4.73. The highest BCUT2D eigenvalue weighted by Gasteiger charge is 2.25. The summed E-state index contributed by atoms with van der Waals surface area (Å²) in [6, 6.07) is 21.6. The highest BCUT2D eigenvalue weighted by atomic mass is 35.5. The maximum absolute atomic E-state index is 13.8. The molecule has 2 aliphatic rings. The average molecular weight is 544 g/mol. The Hall–Kier alpha value is -3.09. The molecule has 1 amide bonds. The molecule has 1 saturated carbocycles. The second-order valence-electron chi connectivity index (χ2n) is 10.3. The maximum atomic E-state index is 13.8. The van der Waals surface area contributed by atoms with Gasteiger partial charge >= 0.3 is 0 Å². The lowest BCUT2D eigenvalue weighted by Crippen LogP contribution is -2.36. The number of hydrogen-bond donors (Lipinski definition) is 0. The Morgan fingerprint density at radius 1 is 0.974 bits per heavy atom. The zero-order valence-electron chi connectivity index (χ0n) is 21.2. The molecule has 6 rings (SSSR count). The lowest BCUT2D eigenvalue weighted by molar-refractivity contribution is 0.0735. The molecular weight excluding hydrogens is 514 g/mol. The fraction of sp³-hybridized carbons (Fsp3) is 0.323. The summed E-state index contributed by atoms with van der Waals surface area (Å²) in [4.78, 5) is 34.2. The minimum Gasteiger partial charge on any atom is -0.334 e. The lowest BCUT2D eigenvalue weighted by atomic mass is 9.95. The first kappa shape index (κ1) is 25.2. The number of thioether (sulfide) groups is 1. The third-order valence-corrected chi connectivity index (χ3v) is 8.99. The van der Waals surface area contributed by atoms with Gasteiger partial charge in [0.15, 0.2) is 5.16 Å². The number of nitrogens with zero attached hydrogens (tertiary/aromatic N) is 3. The Kier molecular flexibility index (Phi) is 7.26. The van der Waals surface area contributed by atoms with Crippen molar-refractivity contribution in [3.05, 3.63) is 104 Å². The summed E-state index contributed by atoms with van der Waals surface area (Å²) in [6.45, 7) is 1.29. The van der Waals surface area contributed by atoms with Crippen molar-refractivity contribution < 1.29 is 4.79 Å². The number of halogens is 1. The van der Waals surface area contributed by atoms with Gasteiger partial charge in [-0.1, -0.05) is 79.0 Å². The summed E-state index contributed by atoms with van der Waals surface area (Å²) in [5, 5.41) is 1.98. The van der Waals surface area contributed by atoms with E-state index in [1.165, 1.54) is 17.5 Å². The van der Waals surface area contributed by atoms with Crippen molar-refractivity contribution in [3.8, 4) is 0 Å². The van der Waals surface area contributed by atoms with Gasteiger partial charge in [-0.25, -0.2) is 4.98 Å². The molecule has 0 spiro atoms. The third kappa shape index (κ3) is 5.12. The minimum atomic E-state index is -0.0206. The standard InChI is InChI=1S/C31H30ClN3O2S/c32-25-10-6-7-21(17-25)20-38-31-33-28-18-23(29(36)34-16-15-22-8-4-5-9-24(22)19-34)13-14-27(28)30(37)35(31)26-11-2-1-3-12-26/h4-10,13-14,17-18,26H,1-3,11-12,15-16,19-20H2. The summed E-state index contributed by atoms with van der Waals surface area (Å²) in [6.07, 6.45) is 6.30. The Morgan fingerprint density at radius 3 is 2.61 bits per heavy atom. The van der Waals surface area contributed by atoms with Crippen LogP contribution in [0.25, 0.3) is 10.9 Å². The molecule has 0 unspecified atom stereocenters. The number of carbonyl (C=O) groups is 1. The molecule has 0 saturated heterocycles. The van der Waals surface area contributed by atoms with Crippen LogP contribution in [0.4, 0.5) is 0 Å². The molecule has 2 heterocycles. The molecule has 0 N–H and O–H groups in total. The van der Waals surface area contributed by atoms with Crippen LogP contribution in [0.5, 0.6) is 0 Å². The van der Waals surface area contributed by atoms with Crippen molar-refractivity contribution in [1.29, 1.82) is 0 Å². The van der Waals surface area contributed by atoms with E-state index in [0.29, 0.717) is 45.5 Å². The van der Waals surface area contributed by atoms with Crippen LogP contribution < -0.4 is 5.56 Å². The van der Waals surface area contributed by atoms with Crippen molar-refractivity contribution in [2.75, 3.05) is 6.54 Å². The van der Waals surface area contributed by atoms with Crippen molar-refractivity contribution >= 4 is 40.2 Å². The Bertz CT molecular complexity index is 1560. The van der Waals surface area contributed by atoms with Gasteiger partial charge in [0.1, 0.15) is 0 Å². The van der Waals surface area contributed by atoms with E-state index in [-0.39, 0.29) is 17.5 Å². The van der Waals surface area contributed by atoms with E-state index in [9.17, 15) is 9.59 Å². The van der Waals surface area contributed by atoms with Gasteiger partial charge in [-0.15, -0.1) is 0 Å². The van der Waals surface area contributed by atoms with Crippen molar-refractivity contribution in [1.82, 2.24) is 14.5 Å².